The molecule has 0 radical (unpaired) electrons. The number of aromatic nitrogens is 3. The highest BCUT2D eigenvalue weighted by molar-refractivity contribution is 6.43. The number of anilines is 1. The summed E-state index contributed by atoms with van der Waals surface area (Å²) in [5.41, 5.74) is 7.70. The monoisotopic (exact) mass is 338 g/mol. The third kappa shape index (κ3) is 2.70. The molecule has 0 fully saturated rings. The van der Waals surface area contributed by atoms with Gasteiger partial charge in [0.15, 0.2) is 11.6 Å². The largest absolute Gasteiger partial charge is 0.398 e. The predicted molar refractivity (Wildman–Crippen MR) is 86.7 cm³/mol. The van der Waals surface area contributed by atoms with Gasteiger partial charge in [-0.05, 0) is 30.3 Å². The Balaban J connectivity index is 2.03. The van der Waals surface area contributed by atoms with Crippen molar-refractivity contribution < 1.29 is 0 Å². The predicted octanol–water partition coefficient (Wildman–Crippen LogP) is 4.68. The van der Waals surface area contributed by atoms with Gasteiger partial charge in [-0.1, -0.05) is 40.9 Å². The van der Waals surface area contributed by atoms with Crippen molar-refractivity contribution >= 4 is 40.5 Å². The summed E-state index contributed by atoms with van der Waals surface area (Å²) in [5.74, 6) is 1.04. The van der Waals surface area contributed by atoms with E-state index in [4.69, 9.17) is 40.5 Å². The number of nitrogens with one attached hydrogen (secondary N) is 1. The number of aromatic amines is 1. The Morgan fingerprint density at radius 2 is 1.81 bits per heavy atom. The molecule has 4 nitrogen and oxygen atoms in total. The van der Waals surface area contributed by atoms with Crippen molar-refractivity contribution in [1.29, 1.82) is 0 Å². The molecule has 1 heterocycles. The van der Waals surface area contributed by atoms with E-state index in [9.17, 15) is 0 Å². The zero-order valence-corrected chi connectivity index (χ0v) is 12.8. The molecule has 0 spiro atoms. The molecule has 3 rings (SSSR count). The molecule has 0 aliphatic rings. The number of hydrogen-bond donors (Lipinski definition) is 2. The van der Waals surface area contributed by atoms with E-state index in [1.165, 1.54) is 0 Å². The van der Waals surface area contributed by atoms with Gasteiger partial charge >= 0.3 is 0 Å². The van der Waals surface area contributed by atoms with E-state index < -0.39 is 0 Å². The Morgan fingerprint density at radius 1 is 1.00 bits per heavy atom. The molecule has 21 heavy (non-hydrogen) atoms. The summed E-state index contributed by atoms with van der Waals surface area (Å²) in [6.07, 6.45) is 0. The van der Waals surface area contributed by atoms with Gasteiger partial charge in [-0.15, -0.1) is 0 Å². The van der Waals surface area contributed by atoms with Gasteiger partial charge in [-0.25, -0.2) is 4.98 Å². The number of rotatable bonds is 2. The molecule has 3 N–H and O–H groups in total. The number of benzene rings is 2. The molecule has 1 aromatic heterocycles. The lowest BCUT2D eigenvalue weighted by Crippen LogP contribution is -1.88. The van der Waals surface area contributed by atoms with Gasteiger partial charge in [0, 0.05) is 11.1 Å². The van der Waals surface area contributed by atoms with Crippen LogP contribution in [-0.2, 0) is 0 Å². The van der Waals surface area contributed by atoms with E-state index in [1.54, 1.807) is 30.3 Å². The molecule has 106 valence electrons. The second-order valence-electron chi connectivity index (χ2n) is 4.35. The van der Waals surface area contributed by atoms with Gasteiger partial charge in [0.25, 0.3) is 0 Å². The topological polar surface area (TPSA) is 67.6 Å². The first kappa shape index (κ1) is 14.2. The van der Waals surface area contributed by atoms with E-state index in [0.29, 0.717) is 38.0 Å². The van der Waals surface area contributed by atoms with Crippen molar-refractivity contribution in [3.8, 4) is 22.8 Å². The van der Waals surface area contributed by atoms with E-state index >= 15 is 0 Å². The lowest BCUT2D eigenvalue weighted by Gasteiger charge is -2.01. The molecular formula is C14H9Cl3N4. The van der Waals surface area contributed by atoms with Crippen LogP contribution in [-0.4, -0.2) is 15.2 Å². The van der Waals surface area contributed by atoms with Crippen LogP contribution in [0, 0.1) is 0 Å². The number of nitrogens with two attached hydrogens (primary N) is 1. The molecule has 7 heteroatoms. The normalized spacial score (nSPS) is 10.8. The minimum Gasteiger partial charge on any atom is -0.398 e. The molecule has 0 saturated heterocycles. The second-order valence-corrected chi connectivity index (χ2v) is 5.54. The minimum absolute atomic E-state index is 0.428. The number of nitrogen functional groups attached to an aromatic ring is 1. The highest BCUT2D eigenvalue weighted by Gasteiger charge is 2.13. The standard InChI is InChI=1S/C14H9Cl3N4/c15-9-5-4-7(6-11(9)18)13-19-14(21-20-13)8-2-1-3-10(16)12(8)17/h1-6H,18H2,(H,19,20,21). The van der Waals surface area contributed by atoms with Crippen LogP contribution in [0.2, 0.25) is 15.1 Å². The summed E-state index contributed by atoms with van der Waals surface area (Å²) in [6.45, 7) is 0. The van der Waals surface area contributed by atoms with E-state index in [2.05, 4.69) is 15.2 Å². The number of H-pyrrole nitrogens is 1. The summed E-state index contributed by atoms with van der Waals surface area (Å²) in [7, 11) is 0. The van der Waals surface area contributed by atoms with Crippen molar-refractivity contribution in [3.05, 3.63) is 51.5 Å². The van der Waals surface area contributed by atoms with Crippen LogP contribution in [0.5, 0.6) is 0 Å². The van der Waals surface area contributed by atoms with Crippen molar-refractivity contribution in [2.75, 3.05) is 5.73 Å². The average Bonchev–Trinajstić information content (AvgIpc) is 2.94. The SMILES string of the molecule is Nc1cc(-c2n[nH]c(-c3cccc(Cl)c3Cl)n2)ccc1Cl. The first-order valence-corrected chi connectivity index (χ1v) is 7.12. The third-order valence-electron chi connectivity index (χ3n) is 2.95. The molecule has 0 aliphatic heterocycles. The van der Waals surface area contributed by atoms with Gasteiger partial charge in [-0.2, -0.15) is 5.10 Å². The van der Waals surface area contributed by atoms with Crippen LogP contribution in [0.25, 0.3) is 22.8 Å². The molecule has 0 bridgehead atoms. The average molecular weight is 340 g/mol. The van der Waals surface area contributed by atoms with Crippen LogP contribution < -0.4 is 5.73 Å². The van der Waals surface area contributed by atoms with Gasteiger partial charge in [0.05, 0.1) is 20.8 Å². The fraction of sp³-hybridized carbons (Fsp3) is 0. The van der Waals surface area contributed by atoms with Crippen LogP contribution in [0.3, 0.4) is 0 Å². The van der Waals surface area contributed by atoms with Crippen molar-refractivity contribution in [2.45, 2.75) is 0 Å². The zero-order valence-electron chi connectivity index (χ0n) is 10.6. The highest BCUT2D eigenvalue weighted by Crippen LogP contribution is 2.32. The number of halogens is 3. The first-order chi connectivity index (χ1) is 10.1. The van der Waals surface area contributed by atoms with Gasteiger partial charge in [0.2, 0.25) is 0 Å². The minimum atomic E-state index is 0.428. The summed E-state index contributed by atoms with van der Waals surface area (Å²) in [4.78, 5) is 4.42. The van der Waals surface area contributed by atoms with Crippen molar-refractivity contribution in [2.24, 2.45) is 0 Å². The third-order valence-corrected chi connectivity index (χ3v) is 4.11. The van der Waals surface area contributed by atoms with Gasteiger partial charge < -0.3 is 5.73 Å². The molecular weight excluding hydrogens is 331 g/mol. The Bertz CT molecular complexity index is 814. The van der Waals surface area contributed by atoms with E-state index in [0.717, 1.165) is 5.56 Å². The summed E-state index contributed by atoms with van der Waals surface area (Å²) < 4.78 is 0. The maximum absolute atomic E-state index is 6.17. The van der Waals surface area contributed by atoms with Crippen LogP contribution in [0.1, 0.15) is 0 Å². The zero-order chi connectivity index (χ0) is 15.0. The van der Waals surface area contributed by atoms with E-state index in [-0.39, 0.29) is 0 Å². The molecule has 2 aromatic carbocycles. The fourth-order valence-electron chi connectivity index (χ4n) is 1.88. The molecule has 0 amide bonds. The Hall–Kier alpha value is -1.75. The fourth-order valence-corrected chi connectivity index (χ4v) is 2.39. The summed E-state index contributed by atoms with van der Waals surface area (Å²) in [5, 5.41) is 8.39. The second kappa shape index (κ2) is 5.56. The number of nitrogens with zero attached hydrogens (tertiary/aromatic N) is 2. The Morgan fingerprint density at radius 3 is 2.57 bits per heavy atom. The Labute approximate surface area is 135 Å². The maximum atomic E-state index is 6.17. The lowest BCUT2D eigenvalue weighted by atomic mass is 10.2. The quantitative estimate of drug-likeness (QED) is 0.666. The Kier molecular flexibility index (Phi) is 3.76. The van der Waals surface area contributed by atoms with Crippen LogP contribution in [0.15, 0.2) is 36.4 Å². The van der Waals surface area contributed by atoms with Crippen molar-refractivity contribution in [3.63, 3.8) is 0 Å². The van der Waals surface area contributed by atoms with Crippen LogP contribution >= 0.6 is 34.8 Å². The van der Waals surface area contributed by atoms with Crippen molar-refractivity contribution in [1.82, 2.24) is 15.2 Å². The van der Waals surface area contributed by atoms with Crippen LogP contribution in [0.4, 0.5) is 5.69 Å². The molecule has 0 atom stereocenters. The summed E-state index contributed by atoms with van der Waals surface area (Å²) >= 11 is 18.1. The number of hydrogen-bond acceptors (Lipinski definition) is 3. The molecule has 0 unspecified atom stereocenters. The molecule has 3 aromatic rings. The lowest BCUT2D eigenvalue weighted by molar-refractivity contribution is 1.10. The maximum Gasteiger partial charge on any atom is 0.181 e. The molecule has 0 aliphatic carbocycles. The van der Waals surface area contributed by atoms with Gasteiger partial charge in [0.1, 0.15) is 0 Å². The highest BCUT2D eigenvalue weighted by atomic mass is 35.5. The van der Waals surface area contributed by atoms with Gasteiger partial charge in [-0.3, -0.25) is 5.10 Å². The van der Waals surface area contributed by atoms with E-state index in [1.807, 2.05) is 6.07 Å². The smallest absolute Gasteiger partial charge is 0.181 e. The first-order valence-electron chi connectivity index (χ1n) is 5.98. The summed E-state index contributed by atoms with van der Waals surface area (Å²) in [6, 6.07) is 10.5. The molecule has 0 saturated carbocycles.